The highest BCUT2D eigenvalue weighted by Crippen LogP contribution is 2.32. The zero-order valence-corrected chi connectivity index (χ0v) is 17.7. The Morgan fingerprint density at radius 1 is 0.727 bits per heavy atom. The maximum atomic E-state index is 13.2. The van der Waals surface area contributed by atoms with Crippen molar-refractivity contribution in [3.63, 3.8) is 0 Å². The van der Waals surface area contributed by atoms with E-state index >= 15 is 0 Å². The van der Waals surface area contributed by atoms with Crippen LogP contribution in [0.1, 0.15) is 56.2 Å². The highest BCUT2D eigenvalue weighted by atomic mass is 19.4. The molecule has 0 saturated heterocycles. The zero-order chi connectivity index (χ0) is 23.9. The molecule has 0 atom stereocenters. The van der Waals surface area contributed by atoms with Crippen molar-refractivity contribution in [3.05, 3.63) is 101 Å². The predicted molar refractivity (Wildman–Crippen MR) is 118 cm³/mol. The van der Waals surface area contributed by atoms with Crippen molar-refractivity contribution in [2.45, 2.75) is 20.0 Å². The number of pyridine rings is 1. The number of hydrogen-bond acceptors (Lipinski definition) is 3. The first kappa shape index (κ1) is 22.2. The van der Waals surface area contributed by atoms with E-state index in [1.807, 2.05) is 0 Å². The fourth-order valence-electron chi connectivity index (χ4n) is 3.67. The average molecular weight is 449 g/mol. The second-order valence-corrected chi connectivity index (χ2v) is 7.71. The number of halogens is 3. The van der Waals surface area contributed by atoms with Crippen molar-refractivity contribution in [1.82, 2.24) is 4.40 Å². The van der Waals surface area contributed by atoms with Gasteiger partial charge >= 0.3 is 6.18 Å². The highest BCUT2D eigenvalue weighted by Gasteiger charge is 2.30. The number of fused-ring (bicyclic) bond motifs is 1. The van der Waals surface area contributed by atoms with Gasteiger partial charge in [0.1, 0.15) is 0 Å². The Morgan fingerprint density at radius 2 is 1.30 bits per heavy atom. The minimum atomic E-state index is -4.49. The van der Waals surface area contributed by atoms with Crippen LogP contribution in [0.4, 0.5) is 13.2 Å². The first-order valence-electron chi connectivity index (χ1n) is 10.1. The topological polar surface area (TPSA) is 55.6 Å². The summed E-state index contributed by atoms with van der Waals surface area (Å²) in [6.07, 6.45) is -2.90. The largest absolute Gasteiger partial charge is 0.416 e. The first-order chi connectivity index (χ1) is 15.6. The molecule has 0 amide bonds. The molecule has 0 fully saturated rings. The number of carbonyl (C=O) groups is 3. The molecule has 33 heavy (non-hydrogen) atoms. The third-order valence-corrected chi connectivity index (χ3v) is 5.49. The second-order valence-electron chi connectivity index (χ2n) is 7.71. The van der Waals surface area contributed by atoms with Crippen LogP contribution in [0.2, 0.25) is 0 Å². The molecule has 0 aliphatic heterocycles. The van der Waals surface area contributed by atoms with Crippen LogP contribution in [-0.4, -0.2) is 21.8 Å². The van der Waals surface area contributed by atoms with E-state index in [2.05, 4.69) is 0 Å². The molecule has 4 aromatic rings. The number of ketones is 3. The van der Waals surface area contributed by atoms with Gasteiger partial charge in [0, 0.05) is 28.5 Å². The van der Waals surface area contributed by atoms with E-state index in [4.69, 9.17) is 0 Å². The van der Waals surface area contributed by atoms with Crippen molar-refractivity contribution in [2.24, 2.45) is 0 Å². The minimum Gasteiger partial charge on any atom is -0.313 e. The number of benzene rings is 2. The Kier molecular flexibility index (Phi) is 5.49. The van der Waals surface area contributed by atoms with Crippen molar-refractivity contribution in [2.75, 3.05) is 0 Å². The van der Waals surface area contributed by atoms with Crippen LogP contribution in [-0.2, 0) is 6.18 Å². The zero-order valence-electron chi connectivity index (χ0n) is 17.7. The number of Topliss-reactive ketones (excluding diaryl/α,β-unsaturated/α-hetero) is 2. The van der Waals surface area contributed by atoms with Crippen LogP contribution in [0.5, 0.6) is 0 Å². The molecule has 0 unspecified atom stereocenters. The minimum absolute atomic E-state index is 0.0830. The normalized spacial score (nSPS) is 11.5. The third-order valence-electron chi connectivity index (χ3n) is 5.49. The summed E-state index contributed by atoms with van der Waals surface area (Å²) in [6, 6.07) is 15.8. The van der Waals surface area contributed by atoms with Gasteiger partial charge in [-0.15, -0.1) is 0 Å². The van der Waals surface area contributed by atoms with Crippen LogP contribution in [0.15, 0.2) is 72.9 Å². The van der Waals surface area contributed by atoms with Gasteiger partial charge in [-0.05, 0) is 49.7 Å². The van der Waals surface area contributed by atoms with Crippen molar-refractivity contribution >= 4 is 22.9 Å². The van der Waals surface area contributed by atoms with Gasteiger partial charge in [0.05, 0.1) is 16.8 Å². The summed E-state index contributed by atoms with van der Waals surface area (Å²) in [6.45, 7) is 2.90. The fourth-order valence-corrected chi connectivity index (χ4v) is 3.67. The summed E-state index contributed by atoms with van der Waals surface area (Å²) in [5, 5.41) is 0. The lowest BCUT2D eigenvalue weighted by Crippen LogP contribution is -2.08. The Balaban J connectivity index is 1.86. The molecule has 0 aliphatic carbocycles. The van der Waals surface area contributed by atoms with Crippen molar-refractivity contribution in [1.29, 1.82) is 0 Å². The van der Waals surface area contributed by atoms with E-state index in [-0.39, 0.29) is 22.8 Å². The molecule has 0 spiro atoms. The smallest absolute Gasteiger partial charge is 0.313 e. The van der Waals surface area contributed by atoms with Crippen LogP contribution < -0.4 is 0 Å². The number of rotatable bonds is 5. The summed E-state index contributed by atoms with van der Waals surface area (Å²) in [4.78, 5) is 36.7. The van der Waals surface area contributed by atoms with Gasteiger partial charge in [0.2, 0.25) is 5.78 Å². The molecule has 0 saturated carbocycles. The number of aromatic nitrogens is 1. The van der Waals surface area contributed by atoms with Crippen LogP contribution in [0, 0.1) is 0 Å². The van der Waals surface area contributed by atoms with Gasteiger partial charge in [-0.25, -0.2) is 0 Å². The standard InChI is InChI=1S/C26H18F3NO3/c1-15(31)17-3-5-18(6-4-17)22-14-24(30-12-11-20(16(2)32)13-23(22)30)25(33)19-7-9-21(10-8-19)26(27,28)29/h3-14H,1-2H3. The Morgan fingerprint density at radius 3 is 1.85 bits per heavy atom. The maximum Gasteiger partial charge on any atom is 0.416 e. The molecular formula is C26H18F3NO3. The first-order valence-corrected chi connectivity index (χ1v) is 10.1. The van der Waals surface area contributed by atoms with E-state index in [1.165, 1.54) is 13.8 Å². The quantitative estimate of drug-likeness (QED) is 0.338. The van der Waals surface area contributed by atoms with E-state index < -0.39 is 17.5 Å². The molecule has 166 valence electrons. The monoisotopic (exact) mass is 449 g/mol. The van der Waals surface area contributed by atoms with E-state index in [0.717, 1.165) is 29.8 Å². The Bertz CT molecular complexity index is 1400. The molecule has 2 aromatic carbocycles. The summed E-state index contributed by atoms with van der Waals surface area (Å²) in [5.41, 5.74) is 2.48. The van der Waals surface area contributed by atoms with Crippen molar-refractivity contribution < 1.29 is 27.6 Å². The molecule has 7 heteroatoms. The molecule has 0 N–H and O–H groups in total. The number of hydrogen-bond donors (Lipinski definition) is 0. The number of alkyl halides is 3. The highest BCUT2D eigenvalue weighted by molar-refractivity contribution is 6.10. The summed E-state index contributed by atoms with van der Waals surface area (Å²) >= 11 is 0. The van der Waals surface area contributed by atoms with E-state index in [9.17, 15) is 27.6 Å². The number of carbonyl (C=O) groups excluding carboxylic acids is 3. The summed E-state index contributed by atoms with van der Waals surface area (Å²) < 4.78 is 40.3. The van der Waals surface area contributed by atoms with Gasteiger partial charge in [-0.1, -0.05) is 36.4 Å². The van der Waals surface area contributed by atoms with Crippen LogP contribution in [0.25, 0.3) is 16.6 Å². The average Bonchev–Trinajstić information content (AvgIpc) is 3.17. The van der Waals surface area contributed by atoms with Gasteiger partial charge in [0.25, 0.3) is 0 Å². The fraction of sp³-hybridized carbons (Fsp3) is 0.115. The second kappa shape index (κ2) is 8.16. The molecule has 2 heterocycles. The third kappa shape index (κ3) is 4.22. The van der Waals surface area contributed by atoms with E-state index in [1.54, 1.807) is 53.1 Å². The lowest BCUT2D eigenvalue weighted by Gasteiger charge is -2.08. The molecule has 0 radical (unpaired) electrons. The predicted octanol–water partition coefficient (Wildman–Crippen LogP) is 6.26. The van der Waals surface area contributed by atoms with Gasteiger partial charge in [-0.2, -0.15) is 13.2 Å². The molecule has 0 bridgehead atoms. The van der Waals surface area contributed by atoms with Crippen LogP contribution in [0.3, 0.4) is 0 Å². The SMILES string of the molecule is CC(=O)c1ccc(-c2cc(C(=O)c3ccc(C(F)(F)F)cc3)n3ccc(C(C)=O)cc23)cc1. The van der Waals surface area contributed by atoms with E-state index in [0.29, 0.717) is 22.2 Å². The summed E-state index contributed by atoms with van der Waals surface area (Å²) in [7, 11) is 0. The molecule has 4 nitrogen and oxygen atoms in total. The van der Waals surface area contributed by atoms with Gasteiger partial charge in [-0.3, -0.25) is 14.4 Å². The molecule has 2 aromatic heterocycles. The van der Waals surface area contributed by atoms with Crippen LogP contribution >= 0.6 is 0 Å². The van der Waals surface area contributed by atoms with Gasteiger partial charge < -0.3 is 4.40 Å². The Hall–Kier alpha value is -4.00. The van der Waals surface area contributed by atoms with Crippen molar-refractivity contribution in [3.8, 4) is 11.1 Å². The lowest BCUT2D eigenvalue weighted by molar-refractivity contribution is -0.137. The molecule has 4 rings (SSSR count). The molecule has 0 aliphatic rings. The van der Waals surface area contributed by atoms with Gasteiger partial charge in [0.15, 0.2) is 11.6 Å². The maximum absolute atomic E-state index is 13.2. The molecular weight excluding hydrogens is 431 g/mol. The summed E-state index contributed by atoms with van der Waals surface area (Å²) in [5.74, 6) is -0.687. The Labute approximate surface area is 187 Å². The lowest BCUT2D eigenvalue weighted by atomic mass is 10.0. The number of nitrogens with zero attached hydrogens (tertiary/aromatic N) is 1.